The molecule has 1 rings (SSSR count). The fraction of sp³-hybridized carbons (Fsp3) is 0.286. The van der Waals surface area contributed by atoms with Gasteiger partial charge in [0.25, 0.3) is 5.91 Å². The van der Waals surface area contributed by atoms with Gasteiger partial charge in [0.05, 0.1) is 12.4 Å². The molecule has 1 heterocycles. The summed E-state index contributed by atoms with van der Waals surface area (Å²) in [4.78, 5) is 18.8. The van der Waals surface area contributed by atoms with Crippen LogP contribution >= 0.6 is 15.9 Å². The van der Waals surface area contributed by atoms with Crippen LogP contribution in [0.15, 0.2) is 17.0 Å². The van der Waals surface area contributed by atoms with E-state index in [0.29, 0.717) is 10.4 Å². The first-order valence-corrected chi connectivity index (χ1v) is 4.28. The van der Waals surface area contributed by atoms with Gasteiger partial charge in [-0.15, -0.1) is 0 Å². The standard InChI is InChI=1S/C7H8BrN3O2/c1-13-4-7(12)11-6-3-9-5(8)2-10-6/h2-3H,4H2,1H3,(H,10,11,12). The number of rotatable bonds is 3. The smallest absolute Gasteiger partial charge is 0.251 e. The summed E-state index contributed by atoms with van der Waals surface area (Å²) in [7, 11) is 1.45. The number of nitrogens with zero attached hydrogens (tertiary/aromatic N) is 2. The Morgan fingerprint density at radius 2 is 2.38 bits per heavy atom. The molecule has 0 aliphatic heterocycles. The SMILES string of the molecule is COCC(=O)Nc1cnc(Br)cn1. The molecule has 1 aromatic heterocycles. The van der Waals surface area contributed by atoms with Crippen molar-refractivity contribution < 1.29 is 9.53 Å². The van der Waals surface area contributed by atoms with Gasteiger partial charge in [-0.2, -0.15) is 0 Å². The molecule has 0 aromatic carbocycles. The first-order chi connectivity index (χ1) is 6.22. The Morgan fingerprint density at radius 3 is 2.92 bits per heavy atom. The van der Waals surface area contributed by atoms with Crippen LogP contribution in [-0.2, 0) is 9.53 Å². The first kappa shape index (κ1) is 10.1. The van der Waals surface area contributed by atoms with Crippen molar-refractivity contribution >= 4 is 27.7 Å². The quantitative estimate of drug-likeness (QED) is 0.857. The monoisotopic (exact) mass is 245 g/mol. The highest BCUT2D eigenvalue weighted by Gasteiger charge is 2.01. The number of amides is 1. The Morgan fingerprint density at radius 1 is 1.62 bits per heavy atom. The predicted octanol–water partition coefficient (Wildman–Crippen LogP) is 0.824. The zero-order chi connectivity index (χ0) is 9.68. The highest BCUT2D eigenvalue weighted by atomic mass is 79.9. The van der Waals surface area contributed by atoms with Gasteiger partial charge in [-0.25, -0.2) is 9.97 Å². The lowest BCUT2D eigenvalue weighted by Gasteiger charge is -2.01. The molecule has 0 saturated heterocycles. The van der Waals surface area contributed by atoms with Crippen molar-refractivity contribution in [3.63, 3.8) is 0 Å². The van der Waals surface area contributed by atoms with Crippen molar-refractivity contribution in [2.24, 2.45) is 0 Å². The van der Waals surface area contributed by atoms with Gasteiger partial charge in [0.1, 0.15) is 11.2 Å². The van der Waals surface area contributed by atoms with Crippen molar-refractivity contribution in [2.75, 3.05) is 19.0 Å². The molecular weight excluding hydrogens is 238 g/mol. The number of ether oxygens (including phenoxy) is 1. The topological polar surface area (TPSA) is 64.1 Å². The van der Waals surface area contributed by atoms with Crippen molar-refractivity contribution in [3.05, 3.63) is 17.0 Å². The second-order valence-electron chi connectivity index (χ2n) is 2.21. The third kappa shape index (κ3) is 3.47. The van der Waals surface area contributed by atoms with E-state index in [1.54, 1.807) is 0 Å². The Kier molecular flexibility index (Phi) is 3.78. The lowest BCUT2D eigenvalue weighted by Crippen LogP contribution is -2.17. The van der Waals surface area contributed by atoms with E-state index in [0.717, 1.165) is 0 Å². The fourth-order valence-corrected chi connectivity index (χ4v) is 0.892. The summed E-state index contributed by atoms with van der Waals surface area (Å²) in [5.41, 5.74) is 0. The number of nitrogens with one attached hydrogen (secondary N) is 1. The predicted molar refractivity (Wildman–Crippen MR) is 50.2 cm³/mol. The molecule has 0 bridgehead atoms. The highest BCUT2D eigenvalue weighted by molar-refractivity contribution is 9.10. The molecule has 1 amide bonds. The van der Waals surface area contributed by atoms with Gasteiger partial charge < -0.3 is 10.1 Å². The lowest BCUT2D eigenvalue weighted by molar-refractivity contribution is -0.119. The maximum Gasteiger partial charge on any atom is 0.251 e. The van der Waals surface area contributed by atoms with Crippen LogP contribution in [0.1, 0.15) is 0 Å². The molecule has 0 aliphatic rings. The zero-order valence-electron chi connectivity index (χ0n) is 6.95. The summed E-state index contributed by atoms with van der Waals surface area (Å²) in [5, 5.41) is 2.51. The van der Waals surface area contributed by atoms with Crippen LogP contribution in [0.3, 0.4) is 0 Å². The van der Waals surface area contributed by atoms with E-state index in [1.807, 2.05) is 0 Å². The molecule has 5 nitrogen and oxygen atoms in total. The van der Waals surface area contributed by atoms with Crippen LogP contribution in [0.25, 0.3) is 0 Å². The van der Waals surface area contributed by atoms with E-state index in [2.05, 4.69) is 36.0 Å². The van der Waals surface area contributed by atoms with E-state index in [1.165, 1.54) is 19.5 Å². The number of hydrogen-bond acceptors (Lipinski definition) is 4. The highest BCUT2D eigenvalue weighted by Crippen LogP contribution is 2.05. The molecule has 1 N–H and O–H groups in total. The van der Waals surface area contributed by atoms with E-state index in [4.69, 9.17) is 0 Å². The van der Waals surface area contributed by atoms with Gasteiger partial charge in [0.15, 0.2) is 5.82 Å². The average molecular weight is 246 g/mol. The molecule has 0 atom stereocenters. The maximum atomic E-state index is 11.0. The fourth-order valence-electron chi connectivity index (χ4n) is 0.687. The van der Waals surface area contributed by atoms with Gasteiger partial charge >= 0.3 is 0 Å². The number of carbonyl (C=O) groups is 1. The van der Waals surface area contributed by atoms with Crippen molar-refractivity contribution in [1.29, 1.82) is 0 Å². The third-order valence-corrected chi connectivity index (χ3v) is 1.57. The number of carbonyl (C=O) groups excluding carboxylic acids is 1. The van der Waals surface area contributed by atoms with Gasteiger partial charge in [-0.05, 0) is 15.9 Å². The second-order valence-corrected chi connectivity index (χ2v) is 3.02. The number of halogens is 1. The molecule has 0 spiro atoms. The molecule has 0 aliphatic carbocycles. The van der Waals surface area contributed by atoms with E-state index >= 15 is 0 Å². The van der Waals surface area contributed by atoms with Crippen molar-refractivity contribution in [1.82, 2.24) is 9.97 Å². The van der Waals surface area contributed by atoms with E-state index in [-0.39, 0.29) is 12.5 Å². The van der Waals surface area contributed by atoms with Crippen molar-refractivity contribution in [3.8, 4) is 0 Å². The van der Waals surface area contributed by atoms with Gasteiger partial charge in [0, 0.05) is 7.11 Å². The van der Waals surface area contributed by atoms with Crippen LogP contribution in [-0.4, -0.2) is 29.6 Å². The summed E-state index contributed by atoms with van der Waals surface area (Å²) in [6, 6.07) is 0. The number of anilines is 1. The summed E-state index contributed by atoms with van der Waals surface area (Å²) in [5.74, 6) is 0.157. The third-order valence-electron chi connectivity index (χ3n) is 1.16. The molecule has 0 unspecified atom stereocenters. The second kappa shape index (κ2) is 4.88. The minimum atomic E-state index is -0.251. The van der Waals surface area contributed by atoms with Crippen LogP contribution < -0.4 is 5.32 Å². The Labute approximate surface area is 83.7 Å². The van der Waals surface area contributed by atoms with Crippen LogP contribution in [0.2, 0.25) is 0 Å². The number of aromatic nitrogens is 2. The van der Waals surface area contributed by atoms with E-state index < -0.39 is 0 Å². The molecule has 70 valence electrons. The van der Waals surface area contributed by atoms with Gasteiger partial charge in [-0.1, -0.05) is 0 Å². The van der Waals surface area contributed by atoms with Crippen LogP contribution in [0.4, 0.5) is 5.82 Å². The molecule has 0 radical (unpaired) electrons. The summed E-state index contributed by atoms with van der Waals surface area (Å²) >= 11 is 3.13. The number of hydrogen-bond donors (Lipinski definition) is 1. The molecule has 0 saturated carbocycles. The molecule has 6 heteroatoms. The average Bonchev–Trinajstić information content (AvgIpc) is 2.09. The maximum absolute atomic E-state index is 11.0. The Balaban J connectivity index is 2.54. The van der Waals surface area contributed by atoms with Crippen LogP contribution in [0.5, 0.6) is 0 Å². The summed E-state index contributed by atoms with van der Waals surface area (Å²) in [6.45, 7) is 0.0117. The molecule has 0 fully saturated rings. The first-order valence-electron chi connectivity index (χ1n) is 3.48. The Hall–Kier alpha value is -1.01. The largest absolute Gasteiger partial charge is 0.375 e. The van der Waals surface area contributed by atoms with Gasteiger partial charge in [0.2, 0.25) is 0 Å². The molecular formula is C7H8BrN3O2. The summed E-state index contributed by atoms with van der Waals surface area (Å²) < 4.78 is 5.25. The molecule has 13 heavy (non-hydrogen) atoms. The van der Waals surface area contributed by atoms with Crippen LogP contribution in [0, 0.1) is 0 Å². The minimum absolute atomic E-state index is 0.0117. The van der Waals surface area contributed by atoms with E-state index in [9.17, 15) is 4.79 Å². The normalized spacial score (nSPS) is 9.69. The van der Waals surface area contributed by atoms with Crippen molar-refractivity contribution in [2.45, 2.75) is 0 Å². The number of methoxy groups -OCH3 is 1. The lowest BCUT2D eigenvalue weighted by atomic mass is 10.6. The van der Waals surface area contributed by atoms with Gasteiger partial charge in [-0.3, -0.25) is 4.79 Å². The molecule has 1 aromatic rings. The summed E-state index contributed by atoms with van der Waals surface area (Å²) in [6.07, 6.45) is 2.96. The minimum Gasteiger partial charge on any atom is -0.375 e. The zero-order valence-corrected chi connectivity index (χ0v) is 8.54. The Bertz CT molecular complexity index is 288.